The fourth-order valence-electron chi connectivity index (χ4n) is 0. The van der Waals surface area contributed by atoms with Crippen molar-refractivity contribution in [2.75, 3.05) is 0 Å². The van der Waals surface area contributed by atoms with Gasteiger partial charge in [-0.3, -0.25) is 10.5 Å². The maximum Gasteiger partial charge on any atom is -0.00179 e. The normalized spacial score (nSPS) is 7.00. The second-order valence-corrected chi connectivity index (χ2v) is 1.24. The highest BCUT2D eigenvalue weighted by Gasteiger charge is 1.67. The standard InChI is InChI=1S/C3H9N.H2O2/c1-3(2)4;1-2/h3H,4H2,1-2H3;1-2H. The summed E-state index contributed by atoms with van der Waals surface area (Å²) in [5.74, 6) is 0. The molecule has 0 radical (unpaired) electrons. The Morgan fingerprint density at radius 2 is 1.33 bits per heavy atom. The number of rotatable bonds is 0. The Morgan fingerprint density at radius 1 is 1.33 bits per heavy atom. The Hall–Kier alpha value is -0.120. The average Bonchev–Trinajstić information content (AvgIpc) is 1.41. The monoisotopic (exact) mass is 93.1 g/mol. The molecule has 0 aliphatic carbocycles. The third-order valence-electron chi connectivity index (χ3n) is 0. The molecule has 40 valence electrons. The van der Waals surface area contributed by atoms with E-state index in [-0.39, 0.29) is 0 Å². The molecule has 0 aromatic heterocycles. The quantitative estimate of drug-likeness (QED) is 0.299. The van der Waals surface area contributed by atoms with Gasteiger partial charge in [-0.2, -0.15) is 0 Å². The van der Waals surface area contributed by atoms with Crippen LogP contribution < -0.4 is 5.73 Å². The molecule has 0 heterocycles. The van der Waals surface area contributed by atoms with E-state index in [4.69, 9.17) is 16.2 Å². The molecular weight excluding hydrogens is 82.0 g/mol. The van der Waals surface area contributed by atoms with Gasteiger partial charge in [0.15, 0.2) is 0 Å². The van der Waals surface area contributed by atoms with Crippen molar-refractivity contribution >= 4 is 0 Å². The smallest absolute Gasteiger partial charge is 0.00179 e. The second-order valence-electron chi connectivity index (χ2n) is 1.24. The van der Waals surface area contributed by atoms with Gasteiger partial charge >= 0.3 is 0 Å². The Bertz CT molecular complexity index is 13.5. The molecule has 0 aliphatic heterocycles. The van der Waals surface area contributed by atoms with E-state index in [1.54, 1.807) is 0 Å². The first-order valence-electron chi connectivity index (χ1n) is 1.69. The van der Waals surface area contributed by atoms with Crippen molar-refractivity contribution in [2.45, 2.75) is 19.9 Å². The molecular formula is C3H11NO2. The molecule has 0 atom stereocenters. The van der Waals surface area contributed by atoms with Crippen molar-refractivity contribution in [2.24, 2.45) is 5.73 Å². The zero-order valence-corrected chi connectivity index (χ0v) is 4.05. The van der Waals surface area contributed by atoms with Crippen LogP contribution in [-0.4, -0.2) is 16.6 Å². The van der Waals surface area contributed by atoms with E-state index >= 15 is 0 Å². The minimum Gasteiger partial charge on any atom is -0.328 e. The molecule has 6 heavy (non-hydrogen) atoms. The largest absolute Gasteiger partial charge is 0.328 e. The van der Waals surface area contributed by atoms with Gasteiger partial charge in [-0.25, -0.2) is 0 Å². The van der Waals surface area contributed by atoms with Crippen LogP contribution >= 0.6 is 0 Å². The summed E-state index contributed by atoms with van der Waals surface area (Å²) in [5.41, 5.74) is 5.11. The lowest BCUT2D eigenvalue weighted by atomic mass is 10.5. The summed E-state index contributed by atoms with van der Waals surface area (Å²) in [7, 11) is 0. The Kier molecular flexibility index (Phi) is 13.7. The van der Waals surface area contributed by atoms with Crippen LogP contribution in [0.25, 0.3) is 0 Å². The van der Waals surface area contributed by atoms with Crippen LogP contribution in [0.5, 0.6) is 0 Å². The molecule has 0 saturated carbocycles. The lowest BCUT2D eigenvalue weighted by Crippen LogP contribution is -2.06. The second kappa shape index (κ2) is 8.86. The Morgan fingerprint density at radius 3 is 1.33 bits per heavy atom. The van der Waals surface area contributed by atoms with Gasteiger partial charge in [0.1, 0.15) is 0 Å². The molecule has 4 N–H and O–H groups in total. The van der Waals surface area contributed by atoms with Crippen LogP contribution in [0.3, 0.4) is 0 Å². The summed E-state index contributed by atoms with van der Waals surface area (Å²) in [5, 5.41) is 12.0. The van der Waals surface area contributed by atoms with Gasteiger partial charge in [0.2, 0.25) is 0 Å². The third kappa shape index (κ3) is 2230. The molecule has 0 fully saturated rings. The molecule has 0 bridgehead atoms. The van der Waals surface area contributed by atoms with Crippen molar-refractivity contribution in [3.8, 4) is 0 Å². The predicted molar refractivity (Wildman–Crippen MR) is 24.6 cm³/mol. The van der Waals surface area contributed by atoms with E-state index < -0.39 is 0 Å². The van der Waals surface area contributed by atoms with Gasteiger partial charge < -0.3 is 5.73 Å². The average molecular weight is 93.1 g/mol. The van der Waals surface area contributed by atoms with Crippen LogP contribution in [0, 0.1) is 0 Å². The lowest BCUT2D eigenvalue weighted by Gasteiger charge is -1.81. The van der Waals surface area contributed by atoms with Crippen molar-refractivity contribution in [1.82, 2.24) is 0 Å². The van der Waals surface area contributed by atoms with Gasteiger partial charge in [0.05, 0.1) is 0 Å². The van der Waals surface area contributed by atoms with Crippen molar-refractivity contribution in [1.29, 1.82) is 0 Å². The highest BCUT2D eigenvalue weighted by molar-refractivity contribution is 4.32. The Balaban J connectivity index is 0. The highest BCUT2D eigenvalue weighted by atomic mass is 17.0. The molecule has 0 aromatic carbocycles. The maximum atomic E-state index is 6.00. The highest BCUT2D eigenvalue weighted by Crippen LogP contribution is 1.58. The first kappa shape index (κ1) is 9.30. The molecule has 0 spiro atoms. The summed E-state index contributed by atoms with van der Waals surface area (Å²) in [6.07, 6.45) is 0. The summed E-state index contributed by atoms with van der Waals surface area (Å²) in [6.45, 7) is 3.89. The molecule has 0 saturated heterocycles. The van der Waals surface area contributed by atoms with Gasteiger partial charge in [0.25, 0.3) is 0 Å². The van der Waals surface area contributed by atoms with Crippen molar-refractivity contribution in [3.63, 3.8) is 0 Å². The Labute approximate surface area is 37.3 Å². The van der Waals surface area contributed by atoms with Crippen molar-refractivity contribution in [3.05, 3.63) is 0 Å². The van der Waals surface area contributed by atoms with Crippen LogP contribution in [0.4, 0.5) is 0 Å². The summed E-state index contributed by atoms with van der Waals surface area (Å²) < 4.78 is 0. The van der Waals surface area contributed by atoms with Gasteiger partial charge in [-0.05, 0) is 6.04 Å². The SMILES string of the molecule is CC(C)N.OO. The number of hydrogen-bond donors (Lipinski definition) is 3. The van der Waals surface area contributed by atoms with E-state index in [1.165, 1.54) is 0 Å². The minimum atomic E-state index is 0.333. The predicted octanol–water partition coefficient (Wildman–Crippen LogP) is 0.371. The van der Waals surface area contributed by atoms with E-state index in [1.807, 2.05) is 13.8 Å². The summed E-state index contributed by atoms with van der Waals surface area (Å²) >= 11 is 0. The number of hydrogen-bond acceptors (Lipinski definition) is 3. The zero-order chi connectivity index (χ0) is 5.58. The molecule has 0 aliphatic rings. The van der Waals surface area contributed by atoms with E-state index in [0.717, 1.165) is 0 Å². The zero-order valence-electron chi connectivity index (χ0n) is 4.05. The van der Waals surface area contributed by atoms with Gasteiger partial charge in [-0.1, -0.05) is 13.8 Å². The van der Waals surface area contributed by atoms with E-state index in [9.17, 15) is 0 Å². The van der Waals surface area contributed by atoms with Crippen LogP contribution in [-0.2, 0) is 0 Å². The molecule has 0 rings (SSSR count). The maximum absolute atomic E-state index is 6.00. The van der Waals surface area contributed by atoms with Gasteiger partial charge in [0, 0.05) is 0 Å². The summed E-state index contributed by atoms with van der Waals surface area (Å²) in [6, 6.07) is 0.333. The third-order valence-corrected chi connectivity index (χ3v) is 0. The van der Waals surface area contributed by atoms with Crippen LogP contribution in [0.2, 0.25) is 0 Å². The fourth-order valence-corrected chi connectivity index (χ4v) is 0. The molecule has 3 heteroatoms. The van der Waals surface area contributed by atoms with Crippen LogP contribution in [0.15, 0.2) is 0 Å². The molecule has 0 unspecified atom stereocenters. The number of nitrogens with two attached hydrogens (primary N) is 1. The van der Waals surface area contributed by atoms with E-state index in [0.29, 0.717) is 6.04 Å². The topological polar surface area (TPSA) is 66.5 Å². The summed E-state index contributed by atoms with van der Waals surface area (Å²) in [4.78, 5) is 0. The van der Waals surface area contributed by atoms with Gasteiger partial charge in [-0.15, -0.1) is 0 Å². The molecule has 3 nitrogen and oxygen atoms in total. The minimum absolute atomic E-state index is 0.333. The van der Waals surface area contributed by atoms with E-state index in [2.05, 4.69) is 0 Å². The van der Waals surface area contributed by atoms with Crippen LogP contribution in [0.1, 0.15) is 13.8 Å². The first-order chi connectivity index (χ1) is 2.73. The lowest BCUT2D eigenvalue weighted by molar-refractivity contribution is -0.176. The fraction of sp³-hybridized carbons (Fsp3) is 1.00. The first-order valence-corrected chi connectivity index (χ1v) is 1.69. The molecule has 0 amide bonds. The molecule has 0 aromatic rings. The van der Waals surface area contributed by atoms with Crippen molar-refractivity contribution < 1.29 is 10.5 Å².